The Balaban J connectivity index is 2.85. The van der Waals surface area contributed by atoms with Crippen LogP contribution < -0.4 is 0 Å². The van der Waals surface area contributed by atoms with Crippen LogP contribution in [0.2, 0.25) is 0 Å². The number of aliphatic hydroxyl groups is 1. The van der Waals surface area contributed by atoms with Gasteiger partial charge in [0.25, 0.3) is 0 Å². The van der Waals surface area contributed by atoms with E-state index < -0.39 is 5.97 Å². The molecule has 14 heavy (non-hydrogen) atoms. The van der Waals surface area contributed by atoms with Crippen molar-refractivity contribution in [1.82, 2.24) is 4.98 Å². The number of methoxy groups -OCH3 is 1. The number of pyridine rings is 1. The summed E-state index contributed by atoms with van der Waals surface area (Å²) in [6.07, 6.45) is 1.60. The van der Waals surface area contributed by atoms with Gasteiger partial charge in [0, 0.05) is 11.9 Å². The summed E-state index contributed by atoms with van der Waals surface area (Å²) in [4.78, 5) is 15.3. The Morgan fingerprint density at radius 1 is 1.71 bits per heavy atom. The predicted molar refractivity (Wildman–Crippen MR) is 53.4 cm³/mol. The first-order valence-corrected chi connectivity index (χ1v) is 5.05. The number of hydrogen-bond acceptors (Lipinski definition) is 5. The van der Waals surface area contributed by atoms with Gasteiger partial charge in [0.2, 0.25) is 0 Å². The summed E-state index contributed by atoms with van der Waals surface area (Å²) in [6, 6.07) is 3.33. The van der Waals surface area contributed by atoms with E-state index in [4.69, 9.17) is 5.11 Å². The van der Waals surface area contributed by atoms with E-state index in [0.29, 0.717) is 16.3 Å². The summed E-state index contributed by atoms with van der Waals surface area (Å²) in [7, 11) is 1.33. The molecular weight excluding hydrogens is 202 g/mol. The molecule has 4 nitrogen and oxygen atoms in total. The number of rotatable bonds is 4. The van der Waals surface area contributed by atoms with Crippen molar-refractivity contribution in [3.05, 3.63) is 23.9 Å². The zero-order chi connectivity index (χ0) is 10.4. The van der Waals surface area contributed by atoms with Gasteiger partial charge >= 0.3 is 5.97 Å². The number of carbonyl (C=O) groups is 1. The largest absolute Gasteiger partial charge is 0.465 e. The van der Waals surface area contributed by atoms with E-state index in [0.717, 1.165) is 0 Å². The lowest BCUT2D eigenvalue weighted by Gasteiger charge is -2.04. The molecule has 0 atom stereocenters. The fraction of sp³-hybridized carbons (Fsp3) is 0.333. The molecule has 1 aromatic heterocycles. The summed E-state index contributed by atoms with van der Waals surface area (Å²) >= 11 is 1.33. The third kappa shape index (κ3) is 2.71. The van der Waals surface area contributed by atoms with Crippen LogP contribution in [0.3, 0.4) is 0 Å². The summed E-state index contributed by atoms with van der Waals surface area (Å²) in [5, 5.41) is 9.24. The molecule has 5 heteroatoms. The molecule has 1 aromatic rings. The van der Waals surface area contributed by atoms with Crippen LogP contribution in [0.5, 0.6) is 0 Å². The molecule has 0 fully saturated rings. The third-order valence-corrected chi connectivity index (χ3v) is 2.49. The minimum Gasteiger partial charge on any atom is -0.465 e. The number of esters is 1. The van der Waals surface area contributed by atoms with Gasteiger partial charge < -0.3 is 9.84 Å². The Hall–Kier alpha value is -1.07. The van der Waals surface area contributed by atoms with Crippen LogP contribution >= 0.6 is 11.8 Å². The van der Waals surface area contributed by atoms with Crippen molar-refractivity contribution in [3.8, 4) is 0 Å². The molecule has 1 heterocycles. The molecule has 0 aromatic carbocycles. The van der Waals surface area contributed by atoms with E-state index in [9.17, 15) is 4.79 Å². The average Bonchev–Trinajstić information content (AvgIpc) is 2.25. The summed E-state index contributed by atoms with van der Waals surface area (Å²) in [5.41, 5.74) is 0.438. The van der Waals surface area contributed by atoms with Gasteiger partial charge in [-0.3, -0.25) is 0 Å². The summed E-state index contributed by atoms with van der Waals surface area (Å²) in [5.74, 6) is 0.111. The lowest BCUT2D eigenvalue weighted by molar-refractivity contribution is 0.0596. The molecule has 76 valence electrons. The second-order valence-corrected chi connectivity index (χ2v) is 3.50. The Morgan fingerprint density at radius 3 is 3.14 bits per heavy atom. The lowest BCUT2D eigenvalue weighted by atomic mass is 10.3. The fourth-order valence-electron chi connectivity index (χ4n) is 0.913. The van der Waals surface area contributed by atoms with Gasteiger partial charge in [0.15, 0.2) is 0 Å². The minimum atomic E-state index is -0.404. The first-order valence-electron chi connectivity index (χ1n) is 4.06. The topological polar surface area (TPSA) is 59.4 Å². The number of hydrogen-bond donors (Lipinski definition) is 1. The molecule has 0 aliphatic carbocycles. The molecule has 0 saturated heterocycles. The van der Waals surface area contributed by atoms with Crippen molar-refractivity contribution < 1.29 is 14.6 Å². The highest BCUT2D eigenvalue weighted by Crippen LogP contribution is 2.19. The Kier molecular flexibility index (Phi) is 4.42. The van der Waals surface area contributed by atoms with E-state index in [1.54, 1.807) is 18.3 Å². The second-order valence-electron chi connectivity index (χ2n) is 2.42. The van der Waals surface area contributed by atoms with Crippen molar-refractivity contribution in [3.63, 3.8) is 0 Å². The maximum atomic E-state index is 11.3. The van der Waals surface area contributed by atoms with E-state index in [2.05, 4.69) is 9.72 Å². The van der Waals surface area contributed by atoms with Gasteiger partial charge in [0.05, 0.1) is 19.3 Å². The van der Waals surface area contributed by atoms with Crippen molar-refractivity contribution in [2.24, 2.45) is 0 Å². The highest BCUT2D eigenvalue weighted by atomic mass is 32.2. The van der Waals surface area contributed by atoms with Gasteiger partial charge in [-0.1, -0.05) is 0 Å². The van der Waals surface area contributed by atoms with Crippen LogP contribution in [-0.4, -0.2) is 35.5 Å². The maximum Gasteiger partial charge on any atom is 0.340 e. The molecular formula is C9H11NO3S. The van der Waals surface area contributed by atoms with Crippen LogP contribution in [0.25, 0.3) is 0 Å². The standard InChI is InChI=1S/C9H11NO3S/c1-13-9(12)7-3-2-4-10-8(7)14-6-5-11/h2-4,11H,5-6H2,1H3. The van der Waals surface area contributed by atoms with Crippen molar-refractivity contribution >= 4 is 17.7 Å². The average molecular weight is 213 g/mol. The van der Waals surface area contributed by atoms with Crippen LogP contribution in [-0.2, 0) is 4.74 Å². The Labute approximate surface area is 86.3 Å². The highest BCUT2D eigenvalue weighted by Gasteiger charge is 2.11. The Bertz CT molecular complexity index is 317. The first-order chi connectivity index (χ1) is 6.79. The SMILES string of the molecule is COC(=O)c1cccnc1SCCO. The van der Waals surface area contributed by atoms with E-state index in [1.165, 1.54) is 18.9 Å². The summed E-state index contributed by atoms with van der Waals surface area (Å²) < 4.78 is 4.60. The minimum absolute atomic E-state index is 0.0574. The van der Waals surface area contributed by atoms with Gasteiger partial charge in [-0.15, -0.1) is 11.8 Å². The normalized spacial score (nSPS) is 9.86. The molecule has 0 bridgehead atoms. The van der Waals surface area contributed by atoms with Gasteiger partial charge in [-0.25, -0.2) is 9.78 Å². The monoisotopic (exact) mass is 213 g/mol. The van der Waals surface area contributed by atoms with Crippen molar-refractivity contribution in [2.45, 2.75) is 5.03 Å². The van der Waals surface area contributed by atoms with Crippen LogP contribution in [0.15, 0.2) is 23.4 Å². The number of thioether (sulfide) groups is 1. The van der Waals surface area contributed by atoms with E-state index in [1.807, 2.05) is 0 Å². The van der Waals surface area contributed by atoms with E-state index >= 15 is 0 Å². The fourth-order valence-corrected chi connectivity index (χ4v) is 1.64. The van der Waals surface area contributed by atoms with E-state index in [-0.39, 0.29) is 6.61 Å². The van der Waals surface area contributed by atoms with Crippen LogP contribution in [0.4, 0.5) is 0 Å². The quantitative estimate of drug-likeness (QED) is 0.596. The molecule has 1 N–H and O–H groups in total. The molecule has 0 amide bonds. The number of nitrogens with zero attached hydrogens (tertiary/aromatic N) is 1. The lowest BCUT2D eigenvalue weighted by Crippen LogP contribution is -2.04. The summed E-state index contributed by atoms with van der Waals surface area (Å²) in [6.45, 7) is 0.0574. The smallest absolute Gasteiger partial charge is 0.340 e. The molecule has 1 rings (SSSR count). The first kappa shape index (κ1) is 11.0. The van der Waals surface area contributed by atoms with Crippen molar-refractivity contribution in [2.75, 3.05) is 19.5 Å². The van der Waals surface area contributed by atoms with Gasteiger partial charge in [-0.05, 0) is 12.1 Å². The predicted octanol–water partition coefficient (Wildman–Crippen LogP) is 0.953. The maximum absolute atomic E-state index is 11.3. The van der Waals surface area contributed by atoms with Crippen LogP contribution in [0, 0.1) is 0 Å². The zero-order valence-corrected chi connectivity index (χ0v) is 8.58. The van der Waals surface area contributed by atoms with Crippen LogP contribution in [0.1, 0.15) is 10.4 Å². The highest BCUT2D eigenvalue weighted by molar-refractivity contribution is 7.99. The van der Waals surface area contributed by atoms with Gasteiger partial charge in [0.1, 0.15) is 5.03 Å². The molecule has 0 radical (unpaired) electrons. The third-order valence-electron chi connectivity index (χ3n) is 1.51. The number of aliphatic hydroxyl groups excluding tert-OH is 1. The number of ether oxygens (including phenoxy) is 1. The number of carbonyl (C=O) groups excluding carboxylic acids is 1. The van der Waals surface area contributed by atoms with Crippen molar-refractivity contribution in [1.29, 1.82) is 0 Å². The molecule has 0 saturated carbocycles. The molecule has 0 aliphatic heterocycles. The molecule has 0 unspecified atom stereocenters. The second kappa shape index (κ2) is 5.62. The molecule has 0 spiro atoms. The number of aromatic nitrogens is 1. The molecule has 0 aliphatic rings. The zero-order valence-electron chi connectivity index (χ0n) is 7.77. The Morgan fingerprint density at radius 2 is 2.50 bits per heavy atom. The van der Waals surface area contributed by atoms with Gasteiger partial charge in [-0.2, -0.15) is 0 Å².